The van der Waals surface area contributed by atoms with Crippen molar-refractivity contribution in [2.45, 2.75) is 13.0 Å². The average Bonchev–Trinajstić information content (AvgIpc) is 2.38. The number of aromatic nitrogens is 1. The summed E-state index contributed by atoms with van der Waals surface area (Å²) < 4.78 is 2.82. The monoisotopic (exact) mass is 403 g/mol. The minimum absolute atomic E-state index is 0. The van der Waals surface area contributed by atoms with Crippen molar-refractivity contribution in [2.24, 2.45) is 0 Å². The van der Waals surface area contributed by atoms with Crippen molar-refractivity contribution in [2.75, 3.05) is 0 Å². The minimum Gasteiger partial charge on any atom is -1.00 e. The quantitative estimate of drug-likeness (QED) is 0.548. The van der Waals surface area contributed by atoms with Crippen LogP contribution in [0.3, 0.4) is 0 Å². The summed E-state index contributed by atoms with van der Waals surface area (Å²) >= 11 is 9.21. The number of ketones is 1. The summed E-state index contributed by atoms with van der Waals surface area (Å²) in [6.07, 6.45) is 3.77. The van der Waals surface area contributed by atoms with Crippen LogP contribution >= 0.6 is 27.5 Å². The number of hydrogen-bond acceptors (Lipinski definition) is 1. The number of rotatable bonds is 3. The summed E-state index contributed by atoms with van der Waals surface area (Å²) in [5, 5.41) is 0.634. The van der Waals surface area contributed by atoms with Gasteiger partial charge in [-0.15, -0.1) is 0 Å². The van der Waals surface area contributed by atoms with E-state index in [0.717, 1.165) is 4.47 Å². The summed E-state index contributed by atoms with van der Waals surface area (Å²) in [6.45, 7) is 1.88. The Hall–Kier alpha value is -0.710. The number of nitrogens with zero attached hydrogens (tertiary/aromatic N) is 1. The zero-order valence-corrected chi connectivity index (χ0v) is 14.1. The molecule has 100 valence electrons. The Bertz CT molecular complexity index is 572. The van der Waals surface area contributed by atoms with Crippen LogP contribution in [0.5, 0.6) is 0 Å². The normalized spacial score (nSPS) is 11.5. The first-order chi connectivity index (χ1) is 8.58. The maximum absolute atomic E-state index is 12.3. The van der Waals surface area contributed by atoms with Gasteiger partial charge >= 0.3 is 0 Å². The highest BCUT2D eigenvalue weighted by atomic mass is 79.9. The zero-order chi connectivity index (χ0) is 13.1. The van der Waals surface area contributed by atoms with Gasteiger partial charge in [0.25, 0.3) is 0 Å². The standard InChI is InChI=1S/C14H12BrClNO.BrH/c1-10(17-8-2-3-12(15)9-17)14(18)11-4-6-13(16)7-5-11;/h2-10H,1H3;1H/q+1;/p-1. The molecule has 1 aromatic heterocycles. The van der Waals surface area contributed by atoms with E-state index < -0.39 is 0 Å². The fourth-order valence-corrected chi connectivity index (χ4v) is 2.21. The van der Waals surface area contributed by atoms with Gasteiger partial charge in [0.05, 0.1) is 4.47 Å². The smallest absolute Gasteiger partial charge is 0.230 e. The number of Topliss-reactive ketones (excluding diaryl/α,β-unsaturated/α-hetero) is 1. The highest BCUT2D eigenvalue weighted by Gasteiger charge is 2.23. The van der Waals surface area contributed by atoms with Crippen molar-refractivity contribution in [3.8, 4) is 0 Å². The first-order valence-corrected chi connectivity index (χ1v) is 6.71. The molecule has 2 aromatic rings. The molecule has 0 aliphatic carbocycles. The maximum atomic E-state index is 12.3. The molecular formula is C14H12Br2ClNO. The summed E-state index contributed by atoms with van der Waals surface area (Å²) in [6, 6.07) is 10.5. The molecular weight excluding hydrogens is 393 g/mol. The Morgan fingerprint density at radius 2 is 1.89 bits per heavy atom. The molecule has 1 atom stereocenters. The van der Waals surface area contributed by atoms with E-state index in [4.69, 9.17) is 11.6 Å². The van der Waals surface area contributed by atoms with Crippen LogP contribution in [0, 0.1) is 0 Å². The van der Waals surface area contributed by atoms with E-state index in [1.165, 1.54) is 0 Å². The molecule has 1 unspecified atom stereocenters. The summed E-state index contributed by atoms with van der Waals surface area (Å²) in [5.74, 6) is 0.0646. The van der Waals surface area contributed by atoms with Crippen LogP contribution in [0.15, 0.2) is 53.3 Å². The van der Waals surface area contributed by atoms with E-state index in [0.29, 0.717) is 10.6 Å². The van der Waals surface area contributed by atoms with Crippen LogP contribution in [-0.4, -0.2) is 5.78 Å². The summed E-state index contributed by atoms with van der Waals surface area (Å²) in [7, 11) is 0. The topological polar surface area (TPSA) is 20.9 Å². The number of carbonyl (C=O) groups excluding carboxylic acids is 1. The van der Waals surface area contributed by atoms with Crippen LogP contribution in [0.1, 0.15) is 23.3 Å². The SMILES string of the molecule is CC(C(=O)c1ccc(Cl)cc1)[n+]1cccc(Br)c1.[Br-]. The molecule has 0 N–H and O–H groups in total. The molecule has 0 radical (unpaired) electrons. The molecule has 5 heteroatoms. The third kappa shape index (κ3) is 4.13. The van der Waals surface area contributed by atoms with E-state index in [9.17, 15) is 4.79 Å². The lowest BCUT2D eigenvalue weighted by Gasteiger charge is -2.06. The van der Waals surface area contributed by atoms with Crippen LogP contribution in [-0.2, 0) is 0 Å². The Balaban J connectivity index is 0.00000180. The van der Waals surface area contributed by atoms with Crippen LogP contribution < -0.4 is 21.5 Å². The van der Waals surface area contributed by atoms with Crippen molar-refractivity contribution in [3.05, 3.63) is 63.9 Å². The molecule has 0 amide bonds. The van der Waals surface area contributed by atoms with E-state index in [1.807, 2.05) is 36.0 Å². The number of carbonyl (C=O) groups is 1. The van der Waals surface area contributed by atoms with Gasteiger partial charge in [-0.1, -0.05) is 11.6 Å². The third-order valence-corrected chi connectivity index (χ3v) is 3.46. The van der Waals surface area contributed by atoms with Gasteiger partial charge in [-0.25, -0.2) is 0 Å². The molecule has 2 nitrogen and oxygen atoms in total. The summed E-state index contributed by atoms with van der Waals surface area (Å²) in [4.78, 5) is 12.3. The van der Waals surface area contributed by atoms with Crippen molar-refractivity contribution in [1.82, 2.24) is 0 Å². The van der Waals surface area contributed by atoms with Crippen molar-refractivity contribution >= 4 is 33.3 Å². The molecule has 0 saturated carbocycles. The Kier molecular flexibility index (Phi) is 6.17. The van der Waals surface area contributed by atoms with Gasteiger partial charge < -0.3 is 17.0 Å². The minimum atomic E-state index is -0.247. The lowest BCUT2D eigenvalue weighted by molar-refractivity contribution is -0.705. The lowest BCUT2D eigenvalue weighted by atomic mass is 10.1. The Labute approximate surface area is 136 Å². The molecule has 1 heterocycles. The van der Waals surface area contributed by atoms with Gasteiger partial charge in [-0.2, -0.15) is 4.57 Å². The molecule has 19 heavy (non-hydrogen) atoms. The van der Waals surface area contributed by atoms with Crippen LogP contribution in [0.4, 0.5) is 0 Å². The van der Waals surface area contributed by atoms with Gasteiger partial charge in [0.2, 0.25) is 11.8 Å². The Morgan fingerprint density at radius 1 is 1.26 bits per heavy atom. The van der Waals surface area contributed by atoms with Gasteiger partial charge in [0.1, 0.15) is 0 Å². The van der Waals surface area contributed by atoms with Crippen molar-refractivity contribution in [1.29, 1.82) is 0 Å². The second-order valence-corrected chi connectivity index (χ2v) is 5.37. The maximum Gasteiger partial charge on any atom is 0.230 e. The third-order valence-electron chi connectivity index (χ3n) is 2.74. The molecule has 2 rings (SSSR count). The molecule has 1 aromatic carbocycles. The Morgan fingerprint density at radius 3 is 2.47 bits per heavy atom. The molecule has 0 spiro atoms. The second kappa shape index (κ2) is 7.17. The van der Waals surface area contributed by atoms with Crippen molar-refractivity contribution < 1.29 is 26.3 Å². The highest BCUT2D eigenvalue weighted by molar-refractivity contribution is 9.10. The number of benzene rings is 1. The van der Waals surface area contributed by atoms with Crippen LogP contribution in [0.25, 0.3) is 0 Å². The first-order valence-electron chi connectivity index (χ1n) is 5.54. The highest BCUT2D eigenvalue weighted by Crippen LogP contribution is 2.14. The first kappa shape index (κ1) is 16.3. The van der Waals surface area contributed by atoms with E-state index >= 15 is 0 Å². The van der Waals surface area contributed by atoms with E-state index in [1.54, 1.807) is 24.3 Å². The van der Waals surface area contributed by atoms with Gasteiger partial charge in [0.15, 0.2) is 12.4 Å². The lowest BCUT2D eigenvalue weighted by Crippen LogP contribution is -3.00. The van der Waals surface area contributed by atoms with E-state index in [2.05, 4.69) is 15.9 Å². The average molecular weight is 406 g/mol. The number of halogens is 3. The number of pyridine rings is 1. The number of hydrogen-bond donors (Lipinski definition) is 0. The second-order valence-electron chi connectivity index (χ2n) is 4.02. The van der Waals surface area contributed by atoms with E-state index in [-0.39, 0.29) is 28.8 Å². The predicted molar refractivity (Wildman–Crippen MR) is 74.8 cm³/mol. The molecule has 0 aliphatic heterocycles. The van der Waals surface area contributed by atoms with Crippen molar-refractivity contribution in [3.63, 3.8) is 0 Å². The molecule has 0 aliphatic rings. The van der Waals surface area contributed by atoms with Gasteiger partial charge in [0, 0.05) is 23.6 Å². The zero-order valence-electron chi connectivity index (χ0n) is 10.2. The molecule has 0 saturated heterocycles. The van der Waals surface area contributed by atoms with Gasteiger partial charge in [-0.05, 0) is 46.3 Å². The fraction of sp³-hybridized carbons (Fsp3) is 0.143. The molecule has 0 bridgehead atoms. The largest absolute Gasteiger partial charge is 1.00 e. The molecule has 0 fully saturated rings. The predicted octanol–water partition coefficient (Wildman–Crippen LogP) is 0.838. The van der Waals surface area contributed by atoms with Gasteiger partial charge in [-0.3, -0.25) is 4.79 Å². The fourth-order valence-electron chi connectivity index (χ4n) is 1.69. The summed E-state index contributed by atoms with van der Waals surface area (Å²) in [5.41, 5.74) is 0.666. The van der Waals surface area contributed by atoms with Crippen LogP contribution in [0.2, 0.25) is 5.02 Å².